The van der Waals surface area contributed by atoms with E-state index in [4.69, 9.17) is 0 Å². The van der Waals surface area contributed by atoms with Crippen molar-refractivity contribution >= 4 is 33.0 Å². The zero-order chi connectivity index (χ0) is 18.6. The molecule has 0 bridgehead atoms. The second-order valence-electron chi connectivity index (χ2n) is 5.27. The van der Waals surface area contributed by atoms with Crippen molar-refractivity contribution in [1.29, 1.82) is 0 Å². The first kappa shape index (κ1) is 18.4. The lowest BCUT2D eigenvalue weighted by Crippen LogP contribution is -2.16. The summed E-state index contributed by atoms with van der Waals surface area (Å²) in [5.74, 6) is -0.213. The lowest BCUT2D eigenvalue weighted by Gasteiger charge is -2.12. The van der Waals surface area contributed by atoms with E-state index in [9.17, 15) is 23.3 Å². The van der Waals surface area contributed by atoms with Gasteiger partial charge in [-0.2, -0.15) is 0 Å². The molecule has 0 aliphatic rings. The van der Waals surface area contributed by atoms with E-state index >= 15 is 0 Å². The van der Waals surface area contributed by atoms with Crippen molar-refractivity contribution in [3.05, 3.63) is 58.1 Å². The maximum Gasteiger partial charge on any atom is 0.290 e. The fraction of sp³-hybridized carbons (Fsp3) is 0.188. The molecule has 8 nitrogen and oxygen atoms in total. The number of carbonyl (C=O) groups is 1. The van der Waals surface area contributed by atoms with Crippen LogP contribution in [0.1, 0.15) is 18.9 Å². The van der Waals surface area contributed by atoms with Crippen LogP contribution in [0.25, 0.3) is 0 Å². The first-order valence-electron chi connectivity index (χ1n) is 7.41. The SMILES string of the molecule is CCC(=O)Nc1cccc(NS(=O)(=O)c2c(C)cccc2[N+](=O)[O-])c1. The summed E-state index contributed by atoms with van der Waals surface area (Å²) < 4.78 is 27.6. The van der Waals surface area contributed by atoms with Crippen molar-refractivity contribution in [1.82, 2.24) is 0 Å². The molecule has 0 radical (unpaired) electrons. The van der Waals surface area contributed by atoms with Crippen LogP contribution in [0.3, 0.4) is 0 Å². The zero-order valence-electron chi connectivity index (χ0n) is 13.6. The van der Waals surface area contributed by atoms with Crippen LogP contribution < -0.4 is 10.0 Å². The second kappa shape index (κ2) is 7.31. The normalized spacial score (nSPS) is 11.0. The van der Waals surface area contributed by atoms with Gasteiger partial charge in [-0.25, -0.2) is 8.42 Å². The van der Waals surface area contributed by atoms with Crippen molar-refractivity contribution in [2.75, 3.05) is 10.0 Å². The molecule has 0 heterocycles. The Balaban J connectivity index is 2.39. The molecule has 0 spiro atoms. The Bertz CT molecular complexity index is 925. The number of nitrogens with one attached hydrogen (secondary N) is 2. The van der Waals surface area contributed by atoms with Crippen LogP contribution in [-0.2, 0) is 14.8 Å². The summed E-state index contributed by atoms with van der Waals surface area (Å²) in [6.07, 6.45) is 0.283. The largest absolute Gasteiger partial charge is 0.326 e. The Hall–Kier alpha value is -2.94. The minimum Gasteiger partial charge on any atom is -0.326 e. The molecular weight excluding hydrogens is 346 g/mol. The number of anilines is 2. The van der Waals surface area contributed by atoms with Crippen LogP contribution in [0.5, 0.6) is 0 Å². The lowest BCUT2D eigenvalue weighted by atomic mass is 10.2. The fourth-order valence-electron chi connectivity index (χ4n) is 2.25. The van der Waals surface area contributed by atoms with Gasteiger partial charge in [0.1, 0.15) is 0 Å². The van der Waals surface area contributed by atoms with Crippen LogP contribution >= 0.6 is 0 Å². The number of amides is 1. The highest BCUT2D eigenvalue weighted by Crippen LogP contribution is 2.29. The van der Waals surface area contributed by atoms with Crippen LogP contribution in [0.2, 0.25) is 0 Å². The van der Waals surface area contributed by atoms with Gasteiger partial charge in [-0.05, 0) is 30.7 Å². The van der Waals surface area contributed by atoms with E-state index in [0.717, 1.165) is 6.07 Å². The molecule has 132 valence electrons. The zero-order valence-corrected chi connectivity index (χ0v) is 14.5. The summed E-state index contributed by atoms with van der Waals surface area (Å²) in [5, 5.41) is 13.8. The van der Waals surface area contributed by atoms with Crippen molar-refractivity contribution in [3.8, 4) is 0 Å². The molecule has 0 aliphatic heterocycles. The molecule has 0 saturated heterocycles. The highest BCUT2D eigenvalue weighted by molar-refractivity contribution is 7.93. The number of nitrogens with zero attached hydrogens (tertiary/aromatic N) is 1. The standard InChI is InChI=1S/C16H17N3O5S/c1-3-15(20)17-12-7-5-8-13(10-12)18-25(23,24)16-11(2)6-4-9-14(16)19(21)22/h4-10,18H,3H2,1-2H3,(H,17,20). The maximum absolute atomic E-state index is 12.6. The molecule has 2 aromatic carbocycles. The monoisotopic (exact) mass is 363 g/mol. The predicted octanol–water partition coefficient (Wildman–Crippen LogP) is 3.05. The van der Waals surface area contributed by atoms with Crippen LogP contribution in [0, 0.1) is 17.0 Å². The Morgan fingerprint density at radius 3 is 2.44 bits per heavy atom. The van der Waals surface area contributed by atoms with Crippen molar-refractivity contribution < 1.29 is 18.1 Å². The molecule has 0 atom stereocenters. The van der Waals surface area contributed by atoms with E-state index in [2.05, 4.69) is 10.0 Å². The average molecular weight is 363 g/mol. The van der Waals surface area contributed by atoms with Gasteiger partial charge >= 0.3 is 0 Å². The molecule has 9 heteroatoms. The summed E-state index contributed by atoms with van der Waals surface area (Å²) in [6.45, 7) is 3.18. The van der Waals surface area contributed by atoms with E-state index in [1.165, 1.54) is 31.2 Å². The van der Waals surface area contributed by atoms with Crippen molar-refractivity contribution in [2.24, 2.45) is 0 Å². The smallest absolute Gasteiger partial charge is 0.290 e. The minimum absolute atomic E-state index is 0.187. The number of sulfonamides is 1. The summed E-state index contributed by atoms with van der Waals surface area (Å²) >= 11 is 0. The third-order valence-corrected chi connectivity index (χ3v) is 4.95. The fourth-order valence-corrected chi connectivity index (χ4v) is 3.70. The quantitative estimate of drug-likeness (QED) is 0.604. The van der Waals surface area contributed by atoms with Gasteiger partial charge in [-0.15, -0.1) is 0 Å². The summed E-state index contributed by atoms with van der Waals surface area (Å²) in [4.78, 5) is 21.5. The molecule has 2 aromatic rings. The average Bonchev–Trinajstić information content (AvgIpc) is 2.54. The molecule has 2 N–H and O–H groups in total. The van der Waals surface area contributed by atoms with Crippen LogP contribution in [0.15, 0.2) is 47.4 Å². The van der Waals surface area contributed by atoms with Gasteiger partial charge in [-0.1, -0.05) is 25.1 Å². The third kappa shape index (κ3) is 4.32. The molecular formula is C16H17N3O5S. The van der Waals surface area contributed by atoms with Gasteiger partial charge in [0.2, 0.25) is 5.91 Å². The van der Waals surface area contributed by atoms with E-state index in [-0.39, 0.29) is 28.5 Å². The number of hydrogen-bond donors (Lipinski definition) is 2. The number of benzene rings is 2. The Morgan fingerprint density at radius 1 is 1.16 bits per heavy atom. The summed E-state index contributed by atoms with van der Waals surface area (Å²) in [6, 6.07) is 10.2. The summed E-state index contributed by atoms with van der Waals surface area (Å²) in [5.41, 5.74) is 0.373. The number of carbonyl (C=O) groups excluding carboxylic acids is 1. The van der Waals surface area contributed by atoms with Gasteiger partial charge in [0, 0.05) is 18.2 Å². The highest BCUT2D eigenvalue weighted by atomic mass is 32.2. The predicted molar refractivity (Wildman–Crippen MR) is 94.0 cm³/mol. The minimum atomic E-state index is -4.17. The van der Waals surface area contributed by atoms with E-state index in [1.807, 2.05) is 0 Å². The summed E-state index contributed by atoms with van der Waals surface area (Å²) in [7, 11) is -4.17. The van der Waals surface area contributed by atoms with Crippen LogP contribution in [-0.4, -0.2) is 19.2 Å². The Labute approximate surface area is 145 Å². The van der Waals surface area contributed by atoms with E-state index in [0.29, 0.717) is 5.69 Å². The van der Waals surface area contributed by atoms with Crippen LogP contribution in [0.4, 0.5) is 17.1 Å². The molecule has 0 aromatic heterocycles. The lowest BCUT2D eigenvalue weighted by molar-refractivity contribution is -0.387. The van der Waals surface area contributed by atoms with E-state index in [1.54, 1.807) is 19.1 Å². The number of hydrogen-bond acceptors (Lipinski definition) is 5. The molecule has 2 rings (SSSR count). The molecule has 0 unspecified atom stereocenters. The highest BCUT2D eigenvalue weighted by Gasteiger charge is 2.27. The molecule has 1 amide bonds. The van der Waals surface area contributed by atoms with E-state index < -0.39 is 20.6 Å². The van der Waals surface area contributed by atoms with Gasteiger partial charge in [0.05, 0.1) is 10.6 Å². The maximum atomic E-state index is 12.6. The number of nitro groups is 1. The number of rotatable bonds is 6. The number of nitro benzene ring substituents is 1. The molecule has 0 aliphatic carbocycles. The molecule has 0 saturated carbocycles. The Morgan fingerprint density at radius 2 is 1.80 bits per heavy atom. The number of aryl methyl sites for hydroxylation is 1. The molecule has 25 heavy (non-hydrogen) atoms. The van der Waals surface area contributed by atoms with Gasteiger partial charge in [-0.3, -0.25) is 19.6 Å². The van der Waals surface area contributed by atoms with Gasteiger partial charge in [0.15, 0.2) is 4.90 Å². The van der Waals surface area contributed by atoms with Gasteiger partial charge < -0.3 is 5.32 Å². The Kier molecular flexibility index (Phi) is 5.38. The molecule has 0 fully saturated rings. The topological polar surface area (TPSA) is 118 Å². The first-order chi connectivity index (χ1) is 11.7. The first-order valence-corrected chi connectivity index (χ1v) is 8.89. The second-order valence-corrected chi connectivity index (χ2v) is 6.89. The van der Waals surface area contributed by atoms with Crippen molar-refractivity contribution in [2.45, 2.75) is 25.2 Å². The third-order valence-electron chi connectivity index (χ3n) is 3.38. The van der Waals surface area contributed by atoms with Crippen molar-refractivity contribution in [3.63, 3.8) is 0 Å². The van der Waals surface area contributed by atoms with Gasteiger partial charge in [0.25, 0.3) is 15.7 Å².